The highest BCUT2D eigenvalue weighted by atomic mass is 32.1. The van der Waals surface area contributed by atoms with Crippen molar-refractivity contribution in [2.24, 2.45) is 0 Å². The van der Waals surface area contributed by atoms with Crippen molar-refractivity contribution in [2.75, 3.05) is 23.8 Å². The van der Waals surface area contributed by atoms with E-state index in [0.717, 1.165) is 10.4 Å². The monoisotopic (exact) mass is 583 g/mol. The van der Waals surface area contributed by atoms with Crippen LogP contribution in [0.2, 0.25) is 0 Å². The van der Waals surface area contributed by atoms with Gasteiger partial charge in [-0.3, -0.25) is 14.7 Å². The van der Waals surface area contributed by atoms with Crippen molar-refractivity contribution in [3.63, 3.8) is 0 Å². The molecule has 9 nitrogen and oxygen atoms in total. The molecule has 11 heteroatoms. The van der Waals surface area contributed by atoms with Crippen molar-refractivity contribution in [1.82, 2.24) is 0 Å². The Balaban J connectivity index is 1.81. The van der Waals surface area contributed by atoms with Crippen molar-refractivity contribution in [3.8, 4) is 16.5 Å². The number of benzene rings is 2. The van der Waals surface area contributed by atoms with Crippen molar-refractivity contribution in [3.05, 3.63) is 71.1 Å². The van der Waals surface area contributed by atoms with Gasteiger partial charge >= 0.3 is 13.7 Å². The number of anilines is 2. The second kappa shape index (κ2) is 13.7. The van der Waals surface area contributed by atoms with E-state index in [1.165, 1.54) is 0 Å². The minimum Gasteiger partial charge on any atom is -0.444 e. The van der Waals surface area contributed by atoms with Crippen LogP contribution in [0.1, 0.15) is 50.5 Å². The first-order valence-electron chi connectivity index (χ1n) is 12.8. The molecule has 3 rings (SSSR count). The summed E-state index contributed by atoms with van der Waals surface area (Å²) in [7, 11) is -3.61. The summed E-state index contributed by atoms with van der Waals surface area (Å²) in [5.74, 6) is -0.395. The second-order valence-electron chi connectivity index (χ2n) is 9.74. The third kappa shape index (κ3) is 8.51. The fraction of sp³-hybridized carbons (Fsp3) is 0.345. The Labute approximate surface area is 239 Å². The molecule has 0 aliphatic heterocycles. The molecule has 3 aromatic rings. The van der Waals surface area contributed by atoms with Crippen LogP contribution in [0.4, 0.5) is 16.2 Å². The SMILES string of the molecule is CCOP(=O)(OCC)C(C#N)Cc1ccc(C(=O)Nc2cc(-c3cccs3)ccc2NC(=O)OC(C)(C)C)cc1. The number of nitriles is 1. The molecule has 2 N–H and O–H groups in total. The fourth-order valence-corrected chi connectivity index (χ4v) is 6.24. The highest BCUT2D eigenvalue weighted by molar-refractivity contribution is 7.55. The number of rotatable bonds is 11. The number of nitrogens with zero attached hydrogens (tertiary/aromatic N) is 1. The van der Waals surface area contributed by atoms with E-state index in [-0.39, 0.29) is 19.6 Å². The minimum atomic E-state index is -3.61. The lowest BCUT2D eigenvalue weighted by molar-refractivity contribution is 0.0635. The maximum absolute atomic E-state index is 13.2. The van der Waals surface area contributed by atoms with Crippen LogP contribution in [0, 0.1) is 11.3 Å². The number of thiophene rings is 1. The zero-order valence-electron chi connectivity index (χ0n) is 23.2. The quantitative estimate of drug-likeness (QED) is 0.221. The zero-order chi connectivity index (χ0) is 29.3. The number of carbonyl (C=O) groups is 2. The van der Waals surface area contributed by atoms with Gasteiger partial charge in [-0.1, -0.05) is 24.3 Å². The van der Waals surface area contributed by atoms with E-state index in [4.69, 9.17) is 13.8 Å². The zero-order valence-corrected chi connectivity index (χ0v) is 24.9. The summed E-state index contributed by atoms with van der Waals surface area (Å²) >= 11 is 1.56. The van der Waals surface area contributed by atoms with Crippen molar-refractivity contribution in [1.29, 1.82) is 5.26 Å². The largest absolute Gasteiger partial charge is 0.444 e. The standard InChI is InChI=1S/C29H34N3O6PS/c1-6-36-39(35,37-7-2)23(19-30)17-20-10-12-21(13-11-20)27(33)31-25-18-22(26-9-8-16-40-26)14-15-24(25)32-28(34)38-29(3,4)5/h8-16,18,23H,6-7,17H2,1-5H3,(H,31,33)(H,32,34). The molecule has 0 bridgehead atoms. The molecule has 0 fully saturated rings. The van der Waals surface area contributed by atoms with Crippen LogP contribution in [-0.4, -0.2) is 36.5 Å². The van der Waals surface area contributed by atoms with Gasteiger partial charge in [-0.15, -0.1) is 11.3 Å². The summed E-state index contributed by atoms with van der Waals surface area (Å²) in [4.78, 5) is 26.7. The van der Waals surface area contributed by atoms with Crippen LogP contribution in [0.5, 0.6) is 0 Å². The summed E-state index contributed by atoms with van der Waals surface area (Å²) in [5.41, 5.74) is 1.08. The summed E-state index contributed by atoms with van der Waals surface area (Å²) < 4.78 is 29.1. The molecular weight excluding hydrogens is 549 g/mol. The molecule has 212 valence electrons. The van der Waals surface area contributed by atoms with Crippen LogP contribution in [0.3, 0.4) is 0 Å². The number of nitrogens with one attached hydrogen (secondary N) is 2. The molecule has 0 aliphatic carbocycles. The van der Waals surface area contributed by atoms with Crippen LogP contribution in [0.15, 0.2) is 60.0 Å². The fourth-order valence-electron chi connectivity index (χ4n) is 3.78. The summed E-state index contributed by atoms with van der Waals surface area (Å²) in [6.45, 7) is 9.01. The van der Waals surface area contributed by atoms with E-state index in [2.05, 4.69) is 10.6 Å². The Hall–Kier alpha value is -3.48. The molecule has 1 atom stereocenters. The van der Waals surface area contributed by atoms with Crippen LogP contribution in [-0.2, 0) is 24.8 Å². The highest BCUT2D eigenvalue weighted by Crippen LogP contribution is 2.53. The molecule has 40 heavy (non-hydrogen) atoms. The molecular formula is C29H34N3O6PS. The predicted molar refractivity (Wildman–Crippen MR) is 158 cm³/mol. The number of hydrogen-bond donors (Lipinski definition) is 2. The topological polar surface area (TPSA) is 127 Å². The van der Waals surface area contributed by atoms with Crippen molar-refractivity contribution >= 4 is 42.3 Å². The number of carbonyl (C=O) groups excluding carboxylic acids is 2. The third-order valence-corrected chi connectivity index (χ3v) is 8.72. The normalized spacial score (nSPS) is 12.3. The van der Waals surface area contributed by atoms with Gasteiger partial charge in [-0.2, -0.15) is 5.26 Å². The third-order valence-electron chi connectivity index (χ3n) is 5.50. The first-order valence-corrected chi connectivity index (χ1v) is 15.3. The van der Waals surface area contributed by atoms with Gasteiger partial charge in [0.1, 0.15) is 5.60 Å². The van der Waals surface area contributed by atoms with E-state index in [9.17, 15) is 19.4 Å². The molecule has 0 saturated carbocycles. The van der Waals surface area contributed by atoms with Gasteiger partial charge in [0.15, 0.2) is 5.66 Å². The van der Waals surface area contributed by atoms with E-state index in [0.29, 0.717) is 22.5 Å². The van der Waals surface area contributed by atoms with Gasteiger partial charge in [-0.05, 0) is 87.9 Å². The highest BCUT2D eigenvalue weighted by Gasteiger charge is 2.35. The van der Waals surface area contributed by atoms with E-state index in [1.54, 1.807) is 82.4 Å². The van der Waals surface area contributed by atoms with Gasteiger partial charge in [0.05, 0.1) is 30.7 Å². The average molecular weight is 584 g/mol. The smallest absolute Gasteiger partial charge is 0.412 e. The van der Waals surface area contributed by atoms with Crippen molar-refractivity contribution < 1.29 is 27.9 Å². The Kier molecular flexibility index (Phi) is 10.7. The molecule has 0 radical (unpaired) electrons. The van der Waals surface area contributed by atoms with Gasteiger partial charge in [0, 0.05) is 10.4 Å². The summed E-state index contributed by atoms with van der Waals surface area (Å²) in [6.07, 6.45) is -0.498. The van der Waals surface area contributed by atoms with E-state index >= 15 is 0 Å². The second-order valence-corrected chi connectivity index (χ2v) is 12.9. The maximum Gasteiger partial charge on any atom is 0.412 e. The van der Waals surface area contributed by atoms with Gasteiger partial charge in [0.2, 0.25) is 0 Å². The van der Waals surface area contributed by atoms with Gasteiger partial charge in [0.25, 0.3) is 5.91 Å². The predicted octanol–water partition coefficient (Wildman–Crippen LogP) is 7.72. The van der Waals surface area contributed by atoms with E-state index in [1.807, 2.05) is 29.6 Å². The van der Waals surface area contributed by atoms with Gasteiger partial charge < -0.3 is 19.1 Å². The molecule has 1 heterocycles. The molecule has 1 aromatic heterocycles. The molecule has 2 amide bonds. The number of amides is 2. The van der Waals surface area contributed by atoms with Crippen LogP contribution < -0.4 is 10.6 Å². The molecule has 0 spiro atoms. The minimum absolute atomic E-state index is 0.141. The first-order chi connectivity index (χ1) is 19.0. The van der Waals surface area contributed by atoms with Crippen molar-refractivity contribution in [2.45, 2.75) is 52.3 Å². The molecule has 1 unspecified atom stereocenters. The lowest BCUT2D eigenvalue weighted by Gasteiger charge is -2.21. The Morgan fingerprint density at radius 2 is 1.68 bits per heavy atom. The first kappa shape index (κ1) is 31.1. The summed E-state index contributed by atoms with van der Waals surface area (Å²) in [5, 5.41) is 17.2. The molecule has 0 saturated heterocycles. The molecule has 0 aliphatic rings. The van der Waals surface area contributed by atoms with Crippen LogP contribution in [0.25, 0.3) is 10.4 Å². The van der Waals surface area contributed by atoms with E-state index < -0.39 is 30.9 Å². The lowest BCUT2D eigenvalue weighted by Crippen LogP contribution is -2.27. The average Bonchev–Trinajstić information content (AvgIpc) is 3.43. The summed E-state index contributed by atoms with van der Waals surface area (Å²) in [6, 6.07) is 18.0. The van der Waals surface area contributed by atoms with Crippen LogP contribution >= 0.6 is 18.9 Å². The molecule has 2 aromatic carbocycles. The maximum atomic E-state index is 13.2. The lowest BCUT2D eigenvalue weighted by atomic mass is 10.1. The Morgan fingerprint density at radius 3 is 2.23 bits per heavy atom. The Morgan fingerprint density at radius 1 is 1.00 bits per heavy atom. The Bertz CT molecular complexity index is 1380. The number of hydrogen-bond acceptors (Lipinski definition) is 8. The van der Waals surface area contributed by atoms with Gasteiger partial charge in [-0.25, -0.2) is 4.79 Å². The number of ether oxygens (including phenoxy) is 1.